The van der Waals surface area contributed by atoms with Gasteiger partial charge in [0.15, 0.2) is 17.7 Å². The van der Waals surface area contributed by atoms with E-state index in [9.17, 15) is 0 Å². The van der Waals surface area contributed by atoms with E-state index in [0.29, 0.717) is 23.8 Å². The molecule has 0 N–H and O–H groups in total. The lowest BCUT2D eigenvalue weighted by molar-refractivity contribution is -0.695. The zero-order chi connectivity index (χ0) is 19.9. The van der Waals surface area contributed by atoms with Crippen molar-refractivity contribution in [3.8, 4) is 17.2 Å². The monoisotopic (exact) mass is 415 g/mol. The van der Waals surface area contributed by atoms with Crippen LogP contribution in [0.5, 0.6) is 17.2 Å². The van der Waals surface area contributed by atoms with Gasteiger partial charge >= 0.3 is 0 Å². The number of aromatic nitrogens is 2. The SMILES string of the molecule is CCc1n(/N=C/c2ccccc2)cc[n+]1Cc1cc(OC)c(OC)c(OC)c1.[Cl-]. The Morgan fingerprint density at radius 3 is 2.21 bits per heavy atom. The summed E-state index contributed by atoms with van der Waals surface area (Å²) in [5.74, 6) is 2.99. The molecule has 0 aliphatic rings. The van der Waals surface area contributed by atoms with Crippen molar-refractivity contribution >= 4 is 6.21 Å². The van der Waals surface area contributed by atoms with Crippen LogP contribution in [0, 0.1) is 0 Å². The molecule has 6 nitrogen and oxygen atoms in total. The van der Waals surface area contributed by atoms with Gasteiger partial charge in [-0.3, -0.25) is 0 Å². The molecule has 29 heavy (non-hydrogen) atoms. The van der Waals surface area contributed by atoms with Gasteiger partial charge in [-0.15, -0.1) is 4.68 Å². The quantitative estimate of drug-likeness (QED) is 0.393. The molecule has 0 radical (unpaired) electrons. The average molecular weight is 416 g/mol. The van der Waals surface area contributed by atoms with Gasteiger partial charge < -0.3 is 26.6 Å². The number of halogens is 1. The highest BCUT2D eigenvalue weighted by atomic mass is 35.5. The second-order valence-corrected chi connectivity index (χ2v) is 6.23. The van der Waals surface area contributed by atoms with Crippen LogP contribution in [0.15, 0.2) is 60.0 Å². The molecular formula is C22H26ClN3O3. The lowest BCUT2D eigenvalue weighted by Gasteiger charge is -2.13. The van der Waals surface area contributed by atoms with E-state index in [-0.39, 0.29) is 12.4 Å². The first kappa shape index (κ1) is 22.3. The Balaban J connectivity index is 0.00000300. The van der Waals surface area contributed by atoms with Crippen molar-refractivity contribution in [3.05, 3.63) is 71.8 Å². The molecule has 1 heterocycles. The number of methoxy groups -OCH3 is 3. The third-order valence-electron chi connectivity index (χ3n) is 4.51. The number of benzene rings is 2. The minimum absolute atomic E-state index is 0. The molecule has 0 atom stereocenters. The summed E-state index contributed by atoms with van der Waals surface area (Å²) in [5.41, 5.74) is 2.12. The van der Waals surface area contributed by atoms with Crippen molar-refractivity contribution in [1.82, 2.24) is 4.68 Å². The molecule has 0 spiro atoms. The van der Waals surface area contributed by atoms with Crippen molar-refractivity contribution in [2.45, 2.75) is 19.9 Å². The fraction of sp³-hybridized carbons (Fsp3) is 0.273. The predicted molar refractivity (Wildman–Crippen MR) is 109 cm³/mol. The van der Waals surface area contributed by atoms with E-state index in [1.165, 1.54) is 0 Å². The fourth-order valence-corrected chi connectivity index (χ4v) is 3.15. The highest BCUT2D eigenvalue weighted by Gasteiger charge is 2.18. The molecule has 154 valence electrons. The second kappa shape index (κ2) is 10.5. The van der Waals surface area contributed by atoms with Crippen molar-refractivity contribution < 1.29 is 31.2 Å². The summed E-state index contributed by atoms with van der Waals surface area (Å²) in [4.78, 5) is 0. The van der Waals surface area contributed by atoms with Crippen LogP contribution in [-0.4, -0.2) is 32.2 Å². The zero-order valence-corrected chi connectivity index (χ0v) is 17.9. The van der Waals surface area contributed by atoms with Crippen molar-refractivity contribution in [2.24, 2.45) is 5.10 Å². The minimum Gasteiger partial charge on any atom is -1.00 e. The van der Waals surface area contributed by atoms with E-state index < -0.39 is 0 Å². The molecule has 1 aromatic heterocycles. The molecule has 7 heteroatoms. The van der Waals surface area contributed by atoms with E-state index in [2.05, 4.69) is 16.6 Å². The van der Waals surface area contributed by atoms with Gasteiger partial charge in [-0.1, -0.05) is 42.4 Å². The lowest BCUT2D eigenvalue weighted by Crippen LogP contribution is -3.00. The summed E-state index contributed by atoms with van der Waals surface area (Å²) in [6, 6.07) is 14.0. The molecule has 0 unspecified atom stereocenters. The third-order valence-corrected chi connectivity index (χ3v) is 4.51. The van der Waals surface area contributed by atoms with Gasteiger partial charge in [-0.25, -0.2) is 4.57 Å². The second-order valence-electron chi connectivity index (χ2n) is 6.23. The number of ether oxygens (including phenoxy) is 3. The topological polar surface area (TPSA) is 48.9 Å². The van der Waals surface area contributed by atoms with E-state index in [1.54, 1.807) is 21.3 Å². The summed E-state index contributed by atoms with van der Waals surface area (Å²) in [5, 5.41) is 4.61. The van der Waals surface area contributed by atoms with Gasteiger partial charge in [0.2, 0.25) is 5.75 Å². The molecule has 3 rings (SSSR count). The Morgan fingerprint density at radius 1 is 1.00 bits per heavy atom. The normalized spacial score (nSPS) is 10.6. The van der Waals surface area contributed by atoms with Crippen LogP contribution < -0.4 is 31.2 Å². The summed E-state index contributed by atoms with van der Waals surface area (Å²) < 4.78 is 20.4. The van der Waals surface area contributed by atoms with Gasteiger partial charge in [0.1, 0.15) is 12.7 Å². The van der Waals surface area contributed by atoms with Crippen molar-refractivity contribution in [1.29, 1.82) is 0 Å². The Labute approximate surface area is 177 Å². The summed E-state index contributed by atoms with van der Waals surface area (Å²) >= 11 is 0. The molecule has 0 saturated carbocycles. The van der Waals surface area contributed by atoms with Crippen molar-refractivity contribution in [3.63, 3.8) is 0 Å². The number of nitrogens with zero attached hydrogens (tertiary/aromatic N) is 3. The van der Waals surface area contributed by atoms with Crippen LogP contribution in [0.4, 0.5) is 0 Å². The predicted octanol–water partition coefficient (Wildman–Crippen LogP) is 0.298. The Hall–Kier alpha value is -2.99. The Morgan fingerprint density at radius 2 is 1.66 bits per heavy atom. The molecule has 0 saturated heterocycles. The standard InChI is InChI=1S/C22H26N3O3.ClH/c1-5-21-24(11-12-25(21)23-15-17-9-7-6-8-10-17)16-18-13-19(26-2)22(28-4)20(14-18)27-3;/h6-15H,5,16H2,1-4H3;1H/q+1;/p-1/b23-15+;. The van der Waals surface area contributed by atoms with Crippen LogP contribution in [0.3, 0.4) is 0 Å². The minimum atomic E-state index is 0. The molecular weight excluding hydrogens is 390 g/mol. The van der Waals surface area contributed by atoms with Crippen molar-refractivity contribution in [2.75, 3.05) is 21.3 Å². The molecule has 0 aliphatic heterocycles. The first-order valence-corrected chi connectivity index (χ1v) is 9.18. The van der Waals surface area contributed by atoms with Crippen LogP contribution in [-0.2, 0) is 13.0 Å². The van der Waals surface area contributed by atoms with E-state index in [1.807, 2.05) is 65.7 Å². The van der Waals surface area contributed by atoms with Gasteiger partial charge in [0.05, 0.1) is 27.5 Å². The smallest absolute Gasteiger partial charge is 0.282 e. The Bertz CT molecular complexity index is 930. The maximum atomic E-state index is 5.46. The molecule has 0 bridgehead atoms. The van der Waals surface area contributed by atoms with Crippen LogP contribution in [0.2, 0.25) is 0 Å². The first-order valence-electron chi connectivity index (χ1n) is 9.18. The van der Waals surface area contributed by atoms with Crippen LogP contribution >= 0.6 is 0 Å². The van der Waals surface area contributed by atoms with Crippen LogP contribution in [0.1, 0.15) is 23.9 Å². The zero-order valence-electron chi connectivity index (χ0n) is 17.1. The molecule has 0 fully saturated rings. The van der Waals surface area contributed by atoms with Gasteiger partial charge in [-0.2, -0.15) is 0 Å². The van der Waals surface area contributed by atoms with Crippen LogP contribution in [0.25, 0.3) is 0 Å². The molecule has 2 aromatic carbocycles. The molecule has 0 amide bonds. The number of hydrogen-bond acceptors (Lipinski definition) is 4. The first-order chi connectivity index (χ1) is 13.7. The number of imidazole rings is 1. The number of rotatable bonds is 8. The fourth-order valence-electron chi connectivity index (χ4n) is 3.15. The average Bonchev–Trinajstić information content (AvgIpc) is 3.13. The van der Waals surface area contributed by atoms with E-state index in [4.69, 9.17) is 14.2 Å². The maximum absolute atomic E-state index is 5.46. The summed E-state index contributed by atoms with van der Waals surface area (Å²) in [6.07, 6.45) is 6.72. The Kier molecular flexibility index (Phi) is 8.09. The van der Waals surface area contributed by atoms with Gasteiger partial charge in [-0.05, 0) is 17.7 Å². The molecule has 3 aromatic rings. The summed E-state index contributed by atoms with van der Waals surface area (Å²) in [7, 11) is 4.86. The highest BCUT2D eigenvalue weighted by Crippen LogP contribution is 2.38. The molecule has 0 aliphatic carbocycles. The third kappa shape index (κ3) is 5.09. The maximum Gasteiger partial charge on any atom is 0.282 e. The van der Waals surface area contributed by atoms with Gasteiger partial charge in [0.25, 0.3) is 5.82 Å². The van der Waals surface area contributed by atoms with Gasteiger partial charge in [0, 0.05) is 12.0 Å². The lowest BCUT2D eigenvalue weighted by atomic mass is 10.1. The largest absolute Gasteiger partial charge is 1.00 e. The highest BCUT2D eigenvalue weighted by molar-refractivity contribution is 5.79. The van der Waals surface area contributed by atoms with E-state index in [0.717, 1.165) is 23.4 Å². The number of hydrogen-bond donors (Lipinski definition) is 0. The summed E-state index contributed by atoms with van der Waals surface area (Å²) in [6.45, 7) is 2.79. The van der Waals surface area contributed by atoms with E-state index >= 15 is 0 Å².